The lowest BCUT2D eigenvalue weighted by molar-refractivity contribution is 1.35. The van der Waals surface area contributed by atoms with E-state index in [1.807, 2.05) is 0 Å². The summed E-state index contributed by atoms with van der Waals surface area (Å²) in [7, 11) is 0. The van der Waals surface area contributed by atoms with E-state index < -0.39 is 0 Å². The van der Waals surface area contributed by atoms with Crippen LogP contribution >= 0.6 is 0 Å². The van der Waals surface area contributed by atoms with E-state index in [2.05, 4.69) is 173 Å². The van der Waals surface area contributed by atoms with Crippen LogP contribution in [-0.2, 0) is 0 Å². The summed E-state index contributed by atoms with van der Waals surface area (Å²) in [5, 5.41) is 0. The third-order valence-corrected chi connectivity index (χ3v) is 9.74. The monoisotopic (exact) mass is 570 g/mol. The molecule has 3 aliphatic heterocycles. The Morgan fingerprint density at radius 1 is 0.289 bits per heavy atom. The molecule has 0 saturated heterocycles. The second-order valence-corrected chi connectivity index (χ2v) is 12.1. The van der Waals surface area contributed by atoms with Crippen molar-refractivity contribution in [3.63, 3.8) is 0 Å². The number of fused-ring (bicyclic) bond motifs is 9. The molecule has 45 heavy (non-hydrogen) atoms. The predicted molar refractivity (Wildman–Crippen MR) is 190 cm³/mol. The highest BCUT2D eigenvalue weighted by Gasteiger charge is 2.51. The van der Waals surface area contributed by atoms with Crippen LogP contribution in [0.1, 0.15) is 0 Å². The standard InChI is InChI=1S/C42H27BN2/c1-4-12-28(13-5-1)31-20-22-38-34(24-31)36-26-33(30-16-8-3-9-17-30)27-37-35-25-32(29-14-6-2-7-15-29)21-23-39(35)45-41-19-11-10-18-40(41)44(38)43(45)42(36)37/h1-27H. The molecule has 3 heteroatoms. The first-order chi connectivity index (χ1) is 22.3. The maximum Gasteiger partial charge on any atom is 0.422 e. The molecule has 3 aliphatic rings. The molecule has 0 N–H and O–H groups in total. The van der Waals surface area contributed by atoms with E-state index in [1.165, 1.54) is 83.8 Å². The van der Waals surface area contributed by atoms with E-state index in [9.17, 15) is 0 Å². The minimum Gasteiger partial charge on any atom is -0.359 e. The highest BCUT2D eigenvalue weighted by molar-refractivity contribution is 6.88. The maximum atomic E-state index is 2.57. The van der Waals surface area contributed by atoms with Gasteiger partial charge in [-0.15, -0.1) is 0 Å². The van der Waals surface area contributed by atoms with E-state index in [-0.39, 0.29) is 6.98 Å². The highest BCUT2D eigenvalue weighted by Crippen LogP contribution is 2.56. The highest BCUT2D eigenvalue weighted by atomic mass is 15.3. The molecule has 0 aliphatic carbocycles. The van der Waals surface area contributed by atoms with Crippen LogP contribution in [0.4, 0.5) is 22.7 Å². The quantitative estimate of drug-likeness (QED) is 0.195. The third kappa shape index (κ3) is 3.52. The second-order valence-electron chi connectivity index (χ2n) is 12.1. The first-order valence-corrected chi connectivity index (χ1v) is 15.6. The van der Waals surface area contributed by atoms with Crippen LogP contribution in [0.3, 0.4) is 0 Å². The summed E-state index contributed by atoms with van der Waals surface area (Å²) in [6, 6.07) is 60.2. The fraction of sp³-hybridized carbons (Fsp3) is 0. The first-order valence-electron chi connectivity index (χ1n) is 15.6. The fourth-order valence-electron chi connectivity index (χ4n) is 7.75. The van der Waals surface area contributed by atoms with Gasteiger partial charge in [0.05, 0.1) is 11.4 Å². The normalized spacial score (nSPS) is 13.2. The van der Waals surface area contributed by atoms with Gasteiger partial charge in [-0.1, -0.05) is 115 Å². The van der Waals surface area contributed by atoms with Gasteiger partial charge in [-0.25, -0.2) is 0 Å². The molecule has 0 aromatic heterocycles. The van der Waals surface area contributed by atoms with Crippen molar-refractivity contribution in [1.29, 1.82) is 0 Å². The number of nitrogens with zero attached hydrogens (tertiary/aromatic N) is 2. The van der Waals surface area contributed by atoms with Gasteiger partial charge in [-0.05, 0) is 98.5 Å². The van der Waals surface area contributed by atoms with Crippen molar-refractivity contribution in [2.24, 2.45) is 0 Å². The van der Waals surface area contributed by atoms with Gasteiger partial charge in [0.1, 0.15) is 0 Å². The van der Waals surface area contributed by atoms with Gasteiger partial charge in [0.25, 0.3) is 0 Å². The van der Waals surface area contributed by atoms with E-state index in [4.69, 9.17) is 0 Å². The first kappa shape index (κ1) is 24.6. The topological polar surface area (TPSA) is 6.48 Å². The van der Waals surface area contributed by atoms with Crippen molar-refractivity contribution in [3.05, 3.63) is 164 Å². The van der Waals surface area contributed by atoms with Crippen molar-refractivity contribution in [2.45, 2.75) is 0 Å². The van der Waals surface area contributed by atoms with Crippen LogP contribution in [-0.4, -0.2) is 6.98 Å². The Balaban J connectivity index is 1.32. The lowest BCUT2D eigenvalue weighted by atomic mass is 9.54. The third-order valence-electron chi connectivity index (χ3n) is 9.74. The molecule has 0 fully saturated rings. The molecule has 0 saturated carbocycles. The maximum absolute atomic E-state index is 2.57. The molecule has 7 aromatic carbocycles. The van der Waals surface area contributed by atoms with Crippen LogP contribution in [0.5, 0.6) is 0 Å². The summed E-state index contributed by atoms with van der Waals surface area (Å²) in [6.07, 6.45) is 0. The predicted octanol–water partition coefficient (Wildman–Crippen LogP) is 10.3. The molecular formula is C42H27BN2. The molecule has 3 heterocycles. The summed E-state index contributed by atoms with van der Waals surface area (Å²) in [5.74, 6) is 0. The number of hydrogen-bond acceptors (Lipinski definition) is 2. The van der Waals surface area contributed by atoms with Gasteiger partial charge in [0, 0.05) is 22.5 Å². The molecule has 0 bridgehead atoms. The van der Waals surface area contributed by atoms with E-state index in [0.717, 1.165) is 0 Å². The Labute approximate surface area is 263 Å². The van der Waals surface area contributed by atoms with Gasteiger partial charge < -0.3 is 9.62 Å². The lowest BCUT2D eigenvalue weighted by Gasteiger charge is -2.42. The Morgan fingerprint density at radius 2 is 0.667 bits per heavy atom. The number of hydrogen-bond donors (Lipinski definition) is 0. The molecule has 0 amide bonds. The number of benzene rings is 7. The van der Waals surface area contributed by atoms with Gasteiger partial charge in [0.2, 0.25) is 0 Å². The summed E-state index contributed by atoms with van der Waals surface area (Å²) < 4.78 is 0. The Hall–Kier alpha value is -5.80. The van der Waals surface area contributed by atoms with Crippen molar-refractivity contribution >= 4 is 35.2 Å². The van der Waals surface area contributed by atoms with Crippen molar-refractivity contribution in [2.75, 3.05) is 9.62 Å². The lowest BCUT2D eigenvalue weighted by Crippen LogP contribution is -2.58. The summed E-state index contributed by atoms with van der Waals surface area (Å²) in [5.41, 5.74) is 19.0. The largest absolute Gasteiger partial charge is 0.422 e. The fourth-order valence-corrected chi connectivity index (χ4v) is 7.75. The molecule has 0 unspecified atom stereocenters. The van der Waals surface area contributed by atoms with E-state index >= 15 is 0 Å². The number of anilines is 4. The summed E-state index contributed by atoms with van der Waals surface area (Å²) in [4.78, 5) is 5.14. The summed E-state index contributed by atoms with van der Waals surface area (Å²) >= 11 is 0. The molecule has 10 rings (SSSR count). The molecule has 0 radical (unpaired) electrons. The van der Waals surface area contributed by atoms with Gasteiger partial charge in [-0.3, -0.25) is 0 Å². The van der Waals surface area contributed by atoms with Crippen LogP contribution in [0, 0.1) is 0 Å². The van der Waals surface area contributed by atoms with Gasteiger partial charge in [0.15, 0.2) is 0 Å². The number of para-hydroxylation sites is 2. The minimum absolute atomic E-state index is 0.0439. The average molecular weight is 571 g/mol. The van der Waals surface area contributed by atoms with Gasteiger partial charge >= 0.3 is 6.98 Å². The van der Waals surface area contributed by atoms with Crippen molar-refractivity contribution < 1.29 is 0 Å². The molecular weight excluding hydrogens is 543 g/mol. The van der Waals surface area contributed by atoms with E-state index in [0.29, 0.717) is 0 Å². The average Bonchev–Trinajstić information content (AvgIpc) is 3.48. The SMILES string of the molecule is c1ccc(-c2ccc3c(c2)-c2cc(-c4ccccc4)cc4c2B2N3c3ccccc3N2c2ccc(-c3ccccc3)cc2-4)cc1. The van der Waals surface area contributed by atoms with Crippen molar-refractivity contribution in [1.82, 2.24) is 0 Å². The Bertz CT molecular complexity index is 2140. The van der Waals surface area contributed by atoms with Gasteiger partial charge in [-0.2, -0.15) is 0 Å². The van der Waals surface area contributed by atoms with E-state index in [1.54, 1.807) is 0 Å². The smallest absolute Gasteiger partial charge is 0.359 e. The van der Waals surface area contributed by atoms with Crippen molar-refractivity contribution in [3.8, 4) is 55.6 Å². The second kappa shape index (κ2) is 9.35. The van der Waals surface area contributed by atoms with Crippen LogP contribution < -0.4 is 15.1 Å². The van der Waals surface area contributed by atoms with Crippen LogP contribution in [0.25, 0.3) is 55.6 Å². The minimum atomic E-state index is 0.0439. The molecule has 0 atom stereocenters. The zero-order valence-electron chi connectivity index (χ0n) is 24.6. The van der Waals surface area contributed by atoms with Crippen LogP contribution in [0.2, 0.25) is 0 Å². The molecule has 208 valence electrons. The summed E-state index contributed by atoms with van der Waals surface area (Å²) in [6.45, 7) is 0.0439. The molecule has 0 spiro atoms. The zero-order valence-corrected chi connectivity index (χ0v) is 24.6. The molecule has 7 aromatic rings. The Kier molecular flexibility index (Phi) is 5.12. The Morgan fingerprint density at radius 3 is 1.11 bits per heavy atom. The zero-order chi connectivity index (χ0) is 29.5. The molecule has 2 nitrogen and oxygen atoms in total. The number of rotatable bonds is 3. The van der Waals surface area contributed by atoms with Crippen LogP contribution in [0.15, 0.2) is 164 Å².